The fraction of sp³-hybridized carbons (Fsp3) is 0.938. The molecular formula is C16H28O2. The van der Waals surface area contributed by atoms with Crippen molar-refractivity contribution in [2.45, 2.75) is 77.6 Å². The molecule has 0 atom stereocenters. The van der Waals surface area contributed by atoms with Crippen LogP contribution >= 0.6 is 0 Å². The van der Waals surface area contributed by atoms with Crippen LogP contribution in [0.1, 0.15) is 77.6 Å². The summed E-state index contributed by atoms with van der Waals surface area (Å²) in [5.41, 5.74) is 0.580. The molecule has 104 valence electrons. The minimum absolute atomic E-state index is 0.0523. The van der Waals surface area contributed by atoms with Gasteiger partial charge in [-0.05, 0) is 56.3 Å². The second-order valence-electron chi connectivity index (χ2n) is 6.56. The molecule has 0 aromatic carbocycles. The maximum atomic E-state index is 11.0. The highest BCUT2D eigenvalue weighted by Crippen LogP contribution is 2.51. The van der Waals surface area contributed by atoms with E-state index in [1.807, 2.05) is 0 Å². The third-order valence-corrected chi connectivity index (χ3v) is 5.54. The molecule has 2 rings (SSSR count). The van der Waals surface area contributed by atoms with Gasteiger partial charge in [-0.15, -0.1) is 0 Å². The van der Waals surface area contributed by atoms with Crippen LogP contribution in [-0.2, 0) is 4.79 Å². The maximum Gasteiger partial charge on any atom is 0.306 e. The summed E-state index contributed by atoms with van der Waals surface area (Å²) in [6.07, 6.45) is 13.9. The van der Waals surface area contributed by atoms with Crippen molar-refractivity contribution in [2.75, 3.05) is 0 Å². The number of rotatable bonds is 4. The molecule has 0 unspecified atom stereocenters. The van der Waals surface area contributed by atoms with E-state index in [1.54, 1.807) is 0 Å². The van der Waals surface area contributed by atoms with E-state index in [2.05, 4.69) is 6.92 Å². The Balaban J connectivity index is 1.98. The van der Waals surface area contributed by atoms with Gasteiger partial charge in [-0.3, -0.25) is 4.79 Å². The summed E-state index contributed by atoms with van der Waals surface area (Å²) < 4.78 is 0. The van der Waals surface area contributed by atoms with Crippen molar-refractivity contribution in [2.24, 2.45) is 17.3 Å². The van der Waals surface area contributed by atoms with Crippen molar-refractivity contribution in [1.29, 1.82) is 0 Å². The number of aliphatic carboxylic acids is 1. The fourth-order valence-electron chi connectivity index (χ4n) is 4.57. The van der Waals surface area contributed by atoms with Crippen molar-refractivity contribution in [1.82, 2.24) is 0 Å². The smallest absolute Gasteiger partial charge is 0.306 e. The molecule has 0 aromatic heterocycles. The van der Waals surface area contributed by atoms with Crippen molar-refractivity contribution in [3.8, 4) is 0 Å². The first kappa shape index (κ1) is 13.9. The summed E-state index contributed by atoms with van der Waals surface area (Å²) in [5.74, 6) is 0.193. The molecule has 0 radical (unpaired) electrons. The number of hydrogen-bond donors (Lipinski definition) is 1. The Hall–Kier alpha value is -0.530. The van der Waals surface area contributed by atoms with E-state index in [-0.39, 0.29) is 5.92 Å². The van der Waals surface area contributed by atoms with Crippen LogP contribution in [-0.4, -0.2) is 11.1 Å². The van der Waals surface area contributed by atoms with E-state index in [9.17, 15) is 4.79 Å². The van der Waals surface area contributed by atoms with Gasteiger partial charge >= 0.3 is 5.97 Å². The number of carbonyl (C=O) groups is 1. The average molecular weight is 252 g/mol. The second kappa shape index (κ2) is 6.08. The van der Waals surface area contributed by atoms with Crippen LogP contribution in [0.25, 0.3) is 0 Å². The molecule has 0 aromatic rings. The van der Waals surface area contributed by atoms with Gasteiger partial charge in [0.1, 0.15) is 0 Å². The van der Waals surface area contributed by atoms with Crippen LogP contribution in [0, 0.1) is 17.3 Å². The van der Waals surface area contributed by atoms with Gasteiger partial charge in [0, 0.05) is 0 Å². The zero-order valence-electron chi connectivity index (χ0n) is 11.8. The third kappa shape index (κ3) is 2.89. The molecule has 2 nitrogen and oxygen atoms in total. The Kier molecular flexibility index (Phi) is 4.69. The Labute approximate surface area is 111 Å². The summed E-state index contributed by atoms with van der Waals surface area (Å²) in [6.45, 7) is 2.30. The van der Waals surface area contributed by atoms with Crippen LogP contribution in [0.2, 0.25) is 0 Å². The molecule has 0 spiro atoms. The van der Waals surface area contributed by atoms with Crippen LogP contribution in [0.15, 0.2) is 0 Å². The summed E-state index contributed by atoms with van der Waals surface area (Å²) in [4.78, 5) is 11.0. The average Bonchev–Trinajstić information content (AvgIpc) is 2.40. The summed E-state index contributed by atoms with van der Waals surface area (Å²) in [6, 6.07) is 0. The number of carboxylic acid groups (broad SMARTS) is 1. The highest BCUT2D eigenvalue weighted by atomic mass is 16.4. The zero-order chi connectivity index (χ0) is 13.0. The SMILES string of the molecule is CCCC1(C2CCC(C(=O)O)CC2)CCCCC1. The minimum Gasteiger partial charge on any atom is -0.481 e. The second-order valence-corrected chi connectivity index (χ2v) is 6.56. The van der Waals surface area contributed by atoms with Gasteiger partial charge in [0.25, 0.3) is 0 Å². The predicted octanol–water partition coefficient (Wildman–Crippen LogP) is 4.63. The standard InChI is InChI=1S/C16H28O2/c1-2-10-16(11-4-3-5-12-16)14-8-6-13(7-9-14)15(17)18/h13-14H,2-12H2,1H3,(H,17,18). The van der Waals surface area contributed by atoms with Crippen LogP contribution < -0.4 is 0 Å². The van der Waals surface area contributed by atoms with E-state index in [0.29, 0.717) is 5.41 Å². The van der Waals surface area contributed by atoms with Gasteiger partial charge < -0.3 is 5.11 Å². The van der Waals surface area contributed by atoms with Gasteiger partial charge in [-0.2, -0.15) is 0 Å². The molecular weight excluding hydrogens is 224 g/mol. The normalized spacial score (nSPS) is 32.1. The van der Waals surface area contributed by atoms with E-state index in [0.717, 1.165) is 31.6 Å². The van der Waals surface area contributed by atoms with Crippen molar-refractivity contribution in [3.63, 3.8) is 0 Å². The molecule has 0 saturated heterocycles. The van der Waals surface area contributed by atoms with E-state index in [1.165, 1.54) is 44.9 Å². The quantitative estimate of drug-likeness (QED) is 0.792. The molecule has 2 saturated carbocycles. The first-order valence-corrected chi connectivity index (χ1v) is 7.91. The Morgan fingerprint density at radius 2 is 1.72 bits per heavy atom. The monoisotopic (exact) mass is 252 g/mol. The molecule has 0 aliphatic heterocycles. The van der Waals surface area contributed by atoms with Gasteiger partial charge in [0.15, 0.2) is 0 Å². The highest BCUT2D eigenvalue weighted by Gasteiger charge is 2.41. The number of carboxylic acids is 1. The minimum atomic E-state index is -0.568. The predicted molar refractivity (Wildman–Crippen MR) is 73.5 cm³/mol. The molecule has 18 heavy (non-hydrogen) atoms. The lowest BCUT2D eigenvalue weighted by atomic mass is 9.59. The first-order chi connectivity index (χ1) is 8.68. The van der Waals surface area contributed by atoms with Crippen molar-refractivity contribution in [3.05, 3.63) is 0 Å². The lowest BCUT2D eigenvalue weighted by Crippen LogP contribution is -2.36. The van der Waals surface area contributed by atoms with Crippen LogP contribution in [0.3, 0.4) is 0 Å². The van der Waals surface area contributed by atoms with Crippen molar-refractivity contribution < 1.29 is 9.90 Å². The largest absolute Gasteiger partial charge is 0.481 e. The van der Waals surface area contributed by atoms with Crippen LogP contribution in [0.5, 0.6) is 0 Å². The molecule has 2 fully saturated rings. The molecule has 2 heteroatoms. The maximum absolute atomic E-state index is 11.0. The lowest BCUT2D eigenvalue weighted by Gasteiger charge is -2.46. The summed E-state index contributed by atoms with van der Waals surface area (Å²) in [7, 11) is 0. The molecule has 0 heterocycles. The Bertz CT molecular complexity index is 265. The molecule has 0 bridgehead atoms. The molecule has 2 aliphatic rings. The third-order valence-electron chi connectivity index (χ3n) is 5.54. The number of hydrogen-bond acceptors (Lipinski definition) is 1. The van der Waals surface area contributed by atoms with Crippen molar-refractivity contribution >= 4 is 5.97 Å². The zero-order valence-corrected chi connectivity index (χ0v) is 11.8. The molecule has 1 N–H and O–H groups in total. The molecule has 2 aliphatic carbocycles. The Morgan fingerprint density at radius 3 is 2.22 bits per heavy atom. The lowest BCUT2D eigenvalue weighted by molar-refractivity contribution is -0.143. The Morgan fingerprint density at radius 1 is 1.11 bits per heavy atom. The fourth-order valence-corrected chi connectivity index (χ4v) is 4.57. The summed E-state index contributed by atoms with van der Waals surface area (Å²) >= 11 is 0. The van der Waals surface area contributed by atoms with E-state index in [4.69, 9.17) is 5.11 Å². The summed E-state index contributed by atoms with van der Waals surface area (Å²) in [5, 5.41) is 9.10. The van der Waals surface area contributed by atoms with Gasteiger partial charge in [0.2, 0.25) is 0 Å². The van der Waals surface area contributed by atoms with E-state index >= 15 is 0 Å². The van der Waals surface area contributed by atoms with Crippen LogP contribution in [0.4, 0.5) is 0 Å². The van der Waals surface area contributed by atoms with E-state index < -0.39 is 5.97 Å². The topological polar surface area (TPSA) is 37.3 Å². The van der Waals surface area contributed by atoms with Gasteiger partial charge in [-0.1, -0.05) is 32.6 Å². The molecule has 0 amide bonds. The van der Waals surface area contributed by atoms with Gasteiger partial charge in [0.05, 0.1) is 5.92 Å². The van der Waals surface area contributed by atoms with Gasteiger partial charge in [-0.25, -0.2) is 0 Å². The first-order valence-electron chi connectivity index (χ1n) is 7.91. The highest BCUT2D eigenvalue weighted by molar-refractivity contribution is 5.70.